The second-order valence-corrected chi connectivity index (χ2v) is 16.3. The Hall–Kier alpha value is -2.38. The zero-order chi connectivity index (χ0) is 27.3. The van der Waals surface area contributed by atoms with Crippen molar-refractivity contribution in [2.24, 2.45) is 11.8 Å². The lowest BCUT2D eigenvalue weighted by Crippen LogP contribution is -2.65. The summed E-state index contributed by atoms with van der Waals surface area (Å²) < 4.78 is -0.127. The van der Waals surface area contributed by atoms with Crippen LogP contribution in [0, 0.1) is 11.8 Å². The van der Waals surface area contributed by atoms with E-state index in [0.717, 1.165) is 44.2 Å². The maximum atomic E-state index is 13.8. The highest BCUT2D eigenvalue weighted by Gasteiger charge is 2.55. The van der Waals surface area contributed by atoms with E-state index in [4.69, 9.17) is 0 Å². The quantitative estimate of drug-likeness (QED) is 0.191. The summed E-state index contributed by atoms with van der Waals surface area (Å²) in [5.41, 5.74) is 0.0430. The minimum Gasteiger partial charge on any atom is -0.477 e. The van der Waals surface area contributed by atoms with Crippen molar-refractivity contribution in [3.63, 3.8) is 0 Å². The Morgan fingerprint density at radius 1 is 0.868 bits per heavy atom. The monoisotopic (exact) mass is 583 g/mol. The first kappa shape index (κ1) is 28.6. The summed E-state index contributed by atoms with van der Waals surface area (Å²) >= 11 is 1.06. The smallest absolute Gasteiger partial charge is 0.353 e. The average molecular weight is 584 g/mol. The second kappa shape index (κ2) is 12.6. The first-order valence-corrected chi connectivity index (χ1v) is 17.3. The van der Waals surface area contributed by atoms with Gasteiger partial charge in [-0.2, -0.15) is 0 Å². The lowest BCUT2D eigenvalue weighted by Gasteiger charge is -2.50. The van der Waals surface area contributed by atoms with E-state index < -0.39 is 24.1 Å². The standard InChI is InChI=1S/C29H30NO4PS3/c1-4-36-38-29(34)37-27-24(20(2)3)25(31)30(27)26(28(32)33)35(21-14-8-5-9-15-21,22-16-10-6-11-17-22)23-18-12-7-13-19-23/h5-20,24,27H,4H2,1-3H3,(H,32,33). The highest BCUT2D eigenvalue weighted by atomic mass is 33.1. The predicted octanol–water partition coefficient (Wildman–Crippen LogP) is 5.89. The van der Waals surface area contributed by atoms with Crippen LogP contribution in [-0.2, 0) is 9.59 Å². The van der Waals surface area contributed by atoms with Gasteiger partial charge in [0, 0.05) is 12.6 Å². The molecule has 0 radical (unpaired) electrons. The van der Waals surface area contributed by atoms with Gasteiger partial charge in [0.05, 0.1) is 5.92 Å². The van der Waals surface area contributed by atoms with Gasteiger partial charge in [0.1, 0.15) is 10.8 Å². The number of carbonyl (C=O) groups excluding carboxylic acids is 2. The van der Waals surface area contributed by atoms with Crippen molar-refractivity contribution in [3.05, 3.63) is 91.0 Å². The third-order valence-corrected chi connectivity index (χ3v) is 14.5. The average Bonchev–Trinajstić information content (AvgIpc) is 2.93. The Bertz CT molecular complexity index is 1250. The van der Waals surface area contributed by atoms with Crippen molar-refractivity contribution < 1.29 is 19.5 Å². The van der Waals surface area contributed by atoms with E-state index in [0.29, 0.717) is 0 Å². The summed E-state index contributed by atoms with van der Waals surface area (Å²) in [6.45, 7) is 2.81. The maximum absolute atomic E-state index is 13.8. The summed E-state index contributed by atoms with van der Waals surface area (Å²) in [5, 5.41) is 12.9. The molecule has 1 aliphatic rings. The highest BCUT2D eigenvalue weighted by Crippen LogP contribution is 2.52. The molecule has 0 aromatic heterocycles. The van der Waals surface area contributed by atoms with Crippen molar-refractivity contribution in [2.45, 2.75) is 26.1 Å². The first-order chi connectivity index (χ1) is 18.3. The molecular formula is C29H30NO4PS3. The van der Waals surface area contributed by atoms with E-state index in [2.05, 4.69) is 0 Å². The van der Waals surface area contributed by atoms with Gasteiger partial charge in [-0.05, 0) is 44.4 Å². The van der Waals surface area contributed by atoms with Crippen molar-refractivity contribution in [1.29, 1.82) is 0 Å². The molecule has 1 N–H and O–H groups in total. The van der Waals surface area contributed by atoms with Gasteiger partial charge in [0.25, 0.3) is 4.45 Å². The van der Waals surface area contributed by atoms with Crippen LogP contribution < -0.4 is 15.9 Å². The fraction of sp³-hybridized carbons (Fsp3) is 0.241. The number of carbonyl (C=O) groups is 3. The van der Waals surface area contributed by atoms with E-state index in [1.54, 1.807) is 0 Å². The molecule has 1 saturated heterocycles. The molecule has 0 bridgehead atoms. The molecule has 0 aliphatic carbocycles. The van der Waals surface area contributed by atoms with Gasteiger partial charge < -0.3 is 5.11 Å². The van der Waals surface area contributed by atoms with Gasteiger partial charge >= 0.3 is 5.97 Å². The number of nitrogens with zero attached hydrogens (tertiary/aromatic N) is 1. The Labute approximate surface area is 236 Å². The van der Waals surface area contributed by atoms with Crippen molar-refractivity contribution in [1.82, 2.24) is 4.90 Å². The second-order valence-electron chi connectivity index (χ2n) is 9.03. The van der Waals surface area contributed by atoms with Crippen molar-refractivity contribution in [3.8, 4) is 0 Å². The molecule has 5 nitrogen and oxygen atoms in total. The van der Waals surface area contributed by atoms with Crippen LogP contribution in [0.15, 0.2) is 91.0 Å². The lowest BCUT2D eigenvalue weighted by molar-refractivity contribution is -0.148. The molecule has 1 amide bonds. The Morgan fingerprint density at radius 2 is 1.32 bits per heavy atom. The number of carboxylic acid groups (broad SMARTS) is 1. The van der Waals surface area contributed by atoms with E-state index in [-0.39, 0.29) is 21.7 Å². The van der Waals surface area contributed by atoms with Crippen LogP contribution in [0.2, 0.25) is 0 Å². The number of thioether (sulfide) groups is 1. The van der Waals surface area contributed by atoms with Crippen LogP contribution in [0.1, 0.15) is 20.8 Å². The molecular weight excluding hydrogens is 553 g/mol. The summed E-state index contributed by atoms with van der Waals surface area (Å²) in [6, 6.07) is 28.8. The Morgan fingerprint density at radius 3 is 1.68 bits per heavy atom. The molecule has 0 spiro atoms. The van der Waals surface area contributed by atoms with Crippen LogP contribution in [-0.4, -0.2) is 42.9 Å². The van der Waals surface area contributed by atoms with Crippen LogP contribution in [0.5, 0.6) is 0 Å². The highest BCUT2D eigenvalue weighted by molar-refractivity contribution is 8.85. The largest absolute Gasteiger partial charge is 0.477 e. The summed E-state index contributed by atoms with van der Waals surface area (Å²) in [5.74, 6) is -1.12. The topological polar surface area (TPSA) is 74.7 Å². The SMILES string of the molecule is CCSSC(=O)SC1C(C(C)C)C(=O)N1C(C(=O)O)=P(c1ccccc1)(c1ccccc1)c1ccccc1. The van der Waals surface area contributed by atoms with Gasteiger partial charge in [-0.3, -0.25) is 14.5 Å². The maximum Gasteiger partial charge on any atom is 0.353 e. The molecule has 38 heavy (non-hydrogen) atoms. The number of aliphatic carboxylic acids is 1. The minimum absolute atomic E-state index is 0.0409. The minimum atomic E-state index is -3.05. The molecule has 2 unspecified atom stereocenters. The molecule has 198 valence electrons. The van der Waals surface area contributed by atoms with Crippen molar-refractivity contribution in [2.75, 3.05) is 5.75 Å². The van der Waals surface area contributed by atoms with Crippen LogP contribution in [0.4, 0.5) is 4.79 Å². The van der Waals surface area contributed by atoms with E-state index in [9.17, 15) is 19.5 Å². The molecule has 3 aromatic rings. The number of rotatable bonds is 9. The molecule has 1 aliphatic heterocycles. The zero-order valence-electron chi connectivity index (χ0n) is 21.4. The number of likely N-dealkylation sites (tertiary alicyclic amines) is 1. The number of carboxylic acids is 1. The molecule has 2 atom stereocenters. The van der Waals surface area contributed by atoms with Gasteiger partial charge in [0.15, 0.2) is 0 Å². The summed E-state index contributed by atoms with van der Waals surface area (Å²) in [7, 11) is 2.58. The molecule has 1 heterocycles. The molecule has 4 rings (SSSR count). The zero-order valence-corrected chi connectivity index (χ0v) is 24.7. The van der Waals surface area contributed by atoms with Gasteiger partial charge in [-0.25, -0.2) is 4.79 Å². The number of hydrogen-bond acceptors (Lipinski definition) is 6. The summed E-state index contributed by atoms with van der Waals surface area (Å²) in [6.07, 6.45) is 0. The Balaban J connectivity index is 2.09. The molecule has 3 aromatic carbocycles. The summed E-state index contributed by atoms with van der Waals surface area (Å²) in [4.78, 5) is 41.6. The normalized spacial score (nSPS) is 17.3. The molecule has 1 fully saturated rings. The van der Waals surface area contributed by atoms with Crippen LogP contribution >= 0.6 is 40.2 Å². The van der Waals surface area contributed by atoms with E-state index in [1.807, 2.05) is 112 Å². The third-order valence-electron chi connectivity index (χ3n) is 6.43. The Kier molecular flexibility index (Phi) is 9.53. The third kappa shape index (κ3) is 5.37. The fourth-order valence-corrected chi connectivity index (χ4v) is 12.4. The van der Waals surface area contributed by atoms with Crippen LogP contribution in [0.25, 0.3) is 0 Å². The molecule has 9 heteroatoms. The lowest BCUT2D eigenvalue weighted by atomic mass is 9.87. The van der Waals surface area contributed by atoms with Gasteiger partial charge in [0.2, 0.25) is 5.91 Å². The van der Waals surface area contributed by atoms with E-state index >= 15 is 0 Å². The fourth-order valence-electron chi connectivity index (χ4n) is 4.85. The number of amides is 1. The first-order valence-electron chi connectivity index (χ1n) is 12.3. The van der Waals surface area contributed by atoms with Crippen molar-refractivity contribution >= 4 is 77.9 Å². The number of hydrogen-bond donors (Lipinski definition) is 1. The van der Waals surface area contributed by atoms with E-state index in [1.165, 1.54) is 15.7 Å². The number of β-lactam (4-membered cyclic amide) rings is 1. The molecule has 0 saturated carbocycles. The number of benzene rings is 3. The van der Waals surface area contributed by atoms with Gasteiger partial charge in [-0.15, -0.1) is 0 Å². The van der Waals surface area contributed by atoms with Gasteiger partial charge in [-0.1, -0.05) is 123 Å². The predicted molar refractivity (Wildman–Crippen MR) is 165 cm³/mol. The van der Waals surface area contributed by atoms with Crippen LogP contribution in [0.3, 0.4) is 0 Å².